The molecule has 3 aliphatic carbocycles. The Labute approximate surface area is 173 Å². The van der Waals surface area contributed by atoms with E-state index < -0.39 is 0 Å². The molecule has 6 atom stereocenters. The zero-order valence-corrected chi connectivity index (χ0v) is 18.8. The second kappa shape index (κ2) is 9.47. The molecule has 2 N–H and O–H groups in total. The zero-order valence-electron chi connectivity index (χ0n) is 18.8. The lowest BCUT2D eigenvalue weighted by atomic mass is 9.60. The highest BCUT2D eigenvalue weighted by Crippen LogP contribution is 2.59. The van der Waals surface area contributed by atoms with E-state index in [-0.39, 0.29) is 12.2 Å². The van der Waals surface area contributed by atoms with Crippen molar-refractivity contribution in [3.05, 3.63) is 23.3 Å². The lowest BCUT2D eigenvalue weighted by Crippen LogP contribution is -2.36. The van der Waals surface area contributed by atoms with Crippen LogP contribution < -0.4 is 0 Å². The minimum Gasteiger partial charge on any atom is -0.393 e. The second-order valence-electron chi connectivity index (χ2n) is 10.9. The van der Waals surface area contributed by atoms with Crippen molar-refractivity contribution in [3.8, 4) is 0 Å². The Hall–Kier alpha value is -0.600. The molecule has 3 fully saturated rings. The Morgan fingerprint density at radius 1 is 1.04 bits per heavy atom. The van der Waals surface area contributed by atoms with Gasteiger partial charge >= 0.3 is 0 Å². The van der Waals surface area contributed by atoms with Crippen molar-refractivity contribution in [3.63, 3.8) is 0 Å². The van der Waals surface area contributed by atoms with Gasteiger partial charge in [0.05, 0.1) is 12.2 Å². The monoisotopic (exact) mass is 388 g/mol. The van der Waals surface area contributed by atoms with Crippen molar-refractivity contribution in [2.45, 2.75) is 111 Å². The van der Waals surface area contributed by atoms with Crippen LogP contribution in [0, 0.1) is 29.1 Å². The highest BCUT2D eigenvalue weighted by molar-refractivity contribution is 5.26. The van der Waals surface area contributed by atoms with Crippen LogP contribution in [0.1, 0.15) is 98.3 Å². The third-order valence-corrected chi connectivity index (χ3v) is 8.24. The van der Waals surface area contributed by atoms with Crippen LogP contribution in [0.5, 0.6) is 0 Å². The van der Waals surface area contributed by atoms with E-state index in [1.807, 2.05) is 0 Å². The highest BCUT2D eigenvalue weighted by Gasteiger charge is 2.50. The molecule has 0 bridgehead atoms. The minimum absolute atomic E-state index is 0.368. The summed E-state index contributed by atoms with van der Waals surface area (Å²) in [6, 6.07) is 0. The van der Waals surface area contributed by atoms with Gasteiger partial charge in [0.25, 0.3) is 0 Å². The Bertz CT molecular complexity index is 563. The van der Waals surface area contributed by atoms with Crippen molar-refractivity contribution < 1.29 is 10.2 Å². The summed E-state index contributed by atoms with van der Waals surface area (Å²) in [6.07, 6.45) is 16.7. The molecule has 0 unspecified atom stereocenters. The molecule has 0 radical (unpaired) electrons. The van der Waals surface area contributed by atoms with Crippen molar-refractivity contribution in [2.75, 3.05) is 0 Å². The summed E-state index contributed by atoms with van der Waals surface area (Å²) in [7, 11) is 0. The van der Waals surface area contributed by atoms with Gasteiger partial charge in [-0.1, -0.05) is 70.3 Å². The summed E-state index contributed by atoms with van der Waals surface area (Å²) < 4.78 is 0. The molecule has 0 aromatic carbocycles. The average molecular weight is 389 g/mol. The SMILES string of the molecule is CC(C)CCC[C@@H](C)[C@H]1CC[C@H]2/C(=C\C=C3C[C@@H](O)C[C@H](O)C3)CCC[C@]12C. The fourth-order valence-corrected chi connectivity index (χ4v) is 6.79. The number of rotatable bonds is 6. The summed E-state index contributed by atoms with van der Waals surface area (Å²) in [5.74, 6) is 3.29. The van der Waals surface area contributed by atoms with E-state index in [2.05, 4.69) is 39.8 Å². The Morgan fingerprint density at radius 3 is 2.43 bits per heavy atom. The van der Waals surface area contributed by atoms with Gasteiger partial charge in [-0.15, -0.1) is 0 Å². The van der Waals surface area contributed by atoms with Gasteiger partial charge in [-0.25, -0.2) is 0 Å². The summed E-state index contributed by atoms with van der Waals surface area (Å²) >= 11 is 0. The Morgan fingerprint density at radius 2 is 1.75 bits per heavy atom. The van der Waals surface area contributed by atoms with Crippen molar-refractivity contribution in [2.24, 2.45) is 29.1 Å². The van der Waals surface area contributed by atoms with E-state index in [0.29, 0.717) is 11.8 Å². The molecule has 0 saturated heterocycles. The molecule has 0 amide bonds. The van der Waals surface area contributed by atoms with E-state index in [0.717, 1.165) is 36.5 Å². The quantitative estimate of drug-likeness (QED) is 0.551. The molecule has 2 nitrogen and oxygen atoms in total. The first-order chi connectivity index (χ1) is 13.3. The molecule has 2 heteroatoms. The normalized spacial score (nSPS) is 38.7. The van der Waals surface area contributed by atoms with E-state index >= 15 is 0 Å². The van der Waals surface area contributed by atoms with Crippen LogP contribution in [0.2, 0.25) is 0 Å². The fourth-order valence-electron chi connectivity index (χ4n) is 6.79. The molecular weight excluding hydrogens is 344 g/mol. The number of hydrogen-bond donors (Lipinski definition) is 2. The molecule has 0 aromatic rings. The third kappa shape index (κ3) is 5.11. The van der Waals surface area contributed by atoms with Crippen LogP contribution in [0.25, 0.3) is 0 Å². The predicted octanol–water partition coefficient (Wildman–Crippen LogP) is 6.42. The van der Waals surface area contributed by atoms with E-state index in [9.17, 15) is 10.2 Å². The van der Waals surface area contributed by atoms with Gasteiger partial charge in [0.2, 0.25) is 0 Å². The van der Waals surface area contributed by atoms with Gasteiger partial charge in [-0.2, -0.15) is 0 Å². The number of fused-ring (bicyclic) bond motifs is 1. The number of aliphatic hydroxyl groups excluding tert-OH is 2. The minimum atomic E-state index is -0.368. The first kappa shape index (κ1) is 22.1. The smallest absolute Gasteiger partial charge is 0.0602 e. The van der Waals surface area contributed by atoms with Crippen LogP contribution >= 0.6 is 0 Å². The molecular formula is C26H44O2. The standard InChI is InChI=1S/C26H44O2/c1-18(2)7-5-8-19(3)24-12-13-25-21(9-6-14-26(24,25)4)11-10-20-15-22(27)17-23(28)16-20/h10-11,18-19,22-25,27-28H,5-9,12-17H2,1-4H3/b21-11-/t19-,22-,23-,24-,25+,26-/m1/s1. The van der Waals surface area contributed by atoms with Gasteiger partial charge < -0.3 is 10.2 Å². The average Bonchev–Trinajstić information content (AvgIpc) is 2.96. The van der Waals surface area contributed by atoms with Crippen LogP contribution in [0.15, 0.2) is 23.3 Å². The van der Waals surface area contributed by atoms with Crippen molar-refractivity contribution in [1.82, 2.24) is 0 Å². The Balaban J connectivity index is 1.67. The maximum Gasteiger partial charge on any atom is 0.0602 e. The molecule has 0 spiro atoms. The summed E-state index contributed by atoms with van der Waals surface area (Å²) in [4.78, 5) is 0. The molecule has 28 heavy (non-hydrogen) atoms. The Kier molecular flexibility index (Phi) is 7.48. The predicted molar refractivity (Wildman–Crippen MR) is 118 cm³/mol. The summed E-state index contributed by atoms with van der Waals surface area (Å²) in [5.41, 5.74) is 3.35. The fraction of sp³-hybridized carbons (Fsp3) is 0.846. The van der Waals surface area contributed by atoms with Crippen molar-refractivity contribution in [1.29, 1.82) is 0 Å². The van der Waals surface area contributed by atoms with E-state index in [1.54, 1.807) is 5.57 Å². The first-order valence-electron chi connectivity index (χ1n) is 12.0. The van der Waals surface area contributed by atoms with E-state index in [1.165, 1.54) is 56.9 Å². The molecule has 3 aliphatic rings. The molecule has 3 saturated carbocycles. The maximum atomic E-state index is 9.96. The van der Waals surface area contributed by atoms with Gasteiger partial charge in [0.1, 0.15) is 0 Å². The second-order valence-corrected chi connectivity index (χ2v) is 10.9. The number of allylic oxidation sites excluding steroid dienone is 3. The largest absolute Gasteiger partial charge is 0.393 e. The number of hydrogen-bond acceptors (Lipinski definition) is 2. The summed E-state index contributed by atoms with van der Waals surface area (Å²) in [6.45, 7) is 9.79. The van der Waals surface area contributed by atoms with Gasteiger partial charge in [0, 0.05) is 0 Å². The molecule has 160 valence electrons. The maximum absolute atomic E-state index is 9.96. The van der Waals surface area contributed by atoms with Gasteiger partial charge in [0.15, 0.2) is 0 Å². The van der Waals surface area contributed by atoms with Crippen LogP contribution in [-0.2, 0) is 0 Å². The molecule has 0 aromatic heterocycles. The topological polar surface area (TPSA) is 40.5 Å². The number of aliphatic hydroxyl groups is 2. The van der Waals surface area contributed by atoms with Gasteiger partial charge in [-0.05, 0) is 80.5 Å². The van der Waals surface area contributed by atoms with Gasteiger partial charge in [-0.3, -0.25) is 0 Å². The molecule has 0 heterocycles. The zero-order chi connectivity index (χ0) is 20.3. The van der Waals surface area contributed by atoms with Crippen molar-refractivity contribution >= 4 is 0 Å². The lowest BCUT2D eigenvalue weighted by molar-refractivity contribution is 0.0609. The van der Waals surface area contributed by atoms with Crippen LogP contribution in [0.4, 0.5) is 0 Å². The first-order valence-corrected chi connectivity index (χ1v) is 12.0. The lowest BCUT2D eigenvalue weighted by Gasteiger charge is -2.44. The molecule has 0 aliphatic heterocycles. The summed E-state index contributed by atoms with van der Waals surface area (Å²) in [5, 5.41) is 19.9. The van der Waals surface area contributed by atoms with E-state index in [4.69, 9.17) is 0 Å². The van der Waals surface area contributed by atoms with Crippen LogP contribution in [0.3, 0.4) is 0 Å². The van der Waals surface area contributed by atoms with Crippen LogP contribution in [-0.4, -0.2) is 22.4 Å². The third-order valence-electron chi connectivity index (χ3n) is 8.24. The molecule has 3 rings (SSSR count). The highest BCUT2D eigenvalue weighted by atomic mass is 16.3.